The minimum atomic E-state index is -0.242. The number of aryl methyl sites for hydroxylation is 1. The summed E-state index contributed by atoms with van der Waals surface area (Å²) in [5.41, 5.74) is 5.80. The molecule has 0 spiro atoms. The SMILES string of the molecule is C=Cc1nc2c(=O)[nH]c3c4ccccc4c(-n4ccc(CNC(=O)c5ccccc5)c4)cc3n2c1C.CCOC. The van der Waals surface area contributed by atoms with Crippen molar-refractivity contribution in [2.75, 3.05) is 13.7 Å². The summed E-state index contributed by atoms with van der Waals surface area (Å²) in [5, 5.41) is 4.91. The van der Waals surface area contributed by atoms with Crippen LogP contribution in [0.2, 0.25) is 0 Å². The smallest absolute Gasteiger partial charge is 0.292 e. The second-order valence-electron chi connectivity index (χ2n) is 9.29. The molecule has 0 bridgehead atoms. The predicted molar refractivity (Wildman–Crippen MR) is 160 cm³/mol. The van der Waals surface area contributed by atoms with Crippen molar-refractivity contribution in [2.24, 2.45) is 0 Å². The van der Waals surface area contributed by atoms with Crippen molar-refractivity contribution < 1.29 is 9.53 Å². The van der Waals surface area contributed by atoms with Crippen LogP contribution in [-0.2, 0) is 11.3 Å². The Balaban J connectivity index is 0.000000758. The van der Waals surface area contributed by atoms with E-state index < -0.39 is 0 Å². The molecule has 0 aliphatic rings. The first kappa shape index (κ1) is 26.6. The zero-order valence-electron chi connectivity index (χ0n) is 22.8. The number of nitrogens with zero attached hydrogens (tertiary/aromatic N) is 3. The Hall–Kier alpha value is -4.95. The number of benzene rings is 3. The molecule has 40 heavy (non-hydrogen) atoms. The number of aromatic amines is 1. The summed E-state index contributed by atoms with van der Waals surface area (Å²) in [6.45, 7) is 8.97. The van der Waals surface area contributed by atoms with Crippen LogP contribution in [0.1, 0.15) is 34.2 Å². The first-order valence-electron chi connectivity index (χ1n) is 13.1. The highest BCUT2D eigenvalue weighted by molar-refractivity contribution is 6.08. The first-order valence-corrected chi connectivity index (χ1v) is 13.1. The van der Waals surface area contributed by atoms with Crippen LogP contribution in [0.5, 0.6) is 0 Å². The van der Waals surface area contributed by atoms with Crippen LogP contribution in [0.25, 0.3) is 39.2 Å². The van der Waals surface area contributed by atoms with Crippen LogP contribution in [0.3, 0.4) is 0 Å². The van der Waals surface area contributed by atoms with Crippen molar-refractivity contribution >= 4 is 39.4 Å². The third kappa shape index (κ3) is 4.92. The van der Waals surface area contributed by atoms with E-state index in [2.05, 4.69) is 32.7 Å². The van der Waals surface area contributed by atoms with Crippen molar-refractivity contribution in [3.63, 3.8) is 0 Å². The fourth-order valence-electron chi connectivity index (χ4n) is 4.76. The number of rotatable bonds is 6. The van der Waals surface area contributed by atoms with Gasteiger partial charge in [0.15, 0.2) is 0 Å². The number of hydrogen-bond donors (Lipinski definition) is 2. The van der Waals surface area contributed by atoms with Gasteiger partial charge in [-0.2, -0.15) is 0 Å². The lowest BCUT2D eigenvalue weighted by Gasteiger charge is -2.13. The number of carbonyl (C=O) groups is 1. The number of nitrogens with one attached hydrogen (secondary N) is 2. The molecule has 0 saturated heterocycles. The Morgan fingerprint density at radius 2 is 1.80 bits per heavy atom. The molecule has 0 atom stereocenters. The molecule has 3 heterocycles. The number of H-pyrrole nitrogens is 1. The van der Waals surface area contributed by atoms with Gasteiger partial charge in [-0.1, -0.05) is 49.0 Å². The fourth-order valence-corrected chi connectivity index (χ4v) is 4.76. The summed E-state index contributed by atoms with van der Waals surface area (Å²) in [5.74, 6) is -0.112. The quantitative estimate of drug-likeness (QED) is 0.271. The van der Waals surface area contributed by atoms with Gasteiger partial charge in [-0.05, 0) is 49.8 Å². The molecule has 0 aliphatic carbocycles. The van der Waals surface area contributed by atoms with Crippen LogP contribution in [0.15, 0.2) is 90.5 Å². The Bertz CT molecular complexity index is 1900. The number of amides is 1. The molecule has 8 nitrogen and oxygen atoms in total. The van der Waals surface area contributed by atoms with Gasteiger partial charge >= 0.3 is 0 Å². The molecule has 0 fully saturated rings. The number of hydrogen-bond acceptors (Lipinski definition) is 4. The van der Waals surface area contributed by atoms with E-state index in [0.717, 1.165) is 45.4 Å². The molecule has 1 amide bonds. The first-order chi connectivity index (χ1) is 19.5. The van der Waals surface area contributed by atoms with Crippen molar-refractivity contribution in [3.05, 3.63) is 119 Å². The van der Waals surface area contributed by atoms with Gasteiger partial charge in [0.05, 0.1) is 22.4 Å². The minimum absolute atomic E-state index is 0.112. The van der Waals surface area contributed by atoms with E-state index >= 15 is 0 Å². The summed E-state index contributed by atoms with van der Waals surface area (Å²) in [7, 11) is 1.68. The molecule has 0 aliphatic heterocycles. The van der Waals surface area contributed by atoms with Gasteiger partial charge < -0.3 is 19.6 Å². The molecule has 8 heteroatoms. The zero-order chi connectivity index (χ0) is 28.2. The van der Waals surface area contributed by atoms with Crippen LogP contribution in [-0.4, -0.2) is 38.6 Å². The summed E-state index contributed by atoms with van der Waals surface area (Å²) in [4.78, 5) is 32.9. The van der Waals surface area contributed by atoms with Gasteiger partial charge in [-0.15, -0.1) is 0 Å². The molecule has 6 aromatic rings. The van der Waals surface area contributed by atoms with Crippen LogP contribution in [0.4, 0.5) is 0 Å². The number of methoxy groups -OCH3 is 1. The minimum Gasteiger partial charge on any atom is -0.385 e. The highest BCUT2D eigenvalue weighted by Crippen LogP contribution is 2.31. The second kappa shape index (κ2) is 11.4. The summed E-state index contributed by atoms with van der Waals surface area (Å²) in [6, 6.07) is 21.2. The average Bonchev–Trinajstić information content (AvgIpc) is 3.61. The zero-order valence-corrected chi connectivity index (χ0v) is 22.8. The lowest BCUT2D eigenvalue weighted by Crippen LogP contribution is -2.22. The third-order valence-electron chi connectivity index (χ3n) is 6.83. The molecule has 0 unspecified atom stereocenters. The number of carbonyl (C=O) groups excluding carboxylic acids is 1. The lowest BCUT2D eigenvalue weighted by molar-refractivity contribution is 0.0951. The Morgan fingerprint density at radius 1 is 1.10 bits per heavy atom. The lowest BCUT2D eigenvalue weighted by atomic mass is 10.1. The monoisotopic (exact) mass is 533 g/mol. The maximum atomic E-state index is 12.9. The second-order valence-corrected chi connectivity index (χ2v) is 9.29. The van der Waals surface area contributed by atoms with E-state index in [1.807, 2.05) is 83.7 Å². The van der Waals surface area contributed by atoms with Crippen LogP contribution < -0.4 is 10.9 Å². The van der Waals surface area contributed by atoms with Gasteiger partial charge in [0.25, 0.3) is 11.5 Å². The molecule has 0 radical (unpaired) electrons. The van der Waals surface area contributed by atoms with E-state index in [-0.39, 0.29) is 11.5 Å². The van der Waals surface area contributed by atoms with Gasteiger partial charge in [-0.25, -0.2) is 4.98 Å². The molecular formula is C32H31N5O3. The van der Waals surface area contributed by atoms with Crippen molar-refractivity contribution in [1.82, 2.24) is 24.3 Å². The Morgan fingerprint density at radius 3 is 2.50 bits per heavy atom. The van der Waals surface area contributed by atoms with Crippen molar-refractivity contribution in [2.45, 2.75) is 20.4 Å². The fraction of sp³-hybridized carbons (Fsp3) is 0.156. The number of aromatic nitrogens is 4. The maximum Gasteiger partial charge on any atom is 0.292 e. The summed E-state index contributed by atoms with van der Waals surface area (Å²) >= 11 is 0. The van der Waals surface area contributed by atoms with Crippen LogP contribution in [0, 0.1) is 6.92 Å². The van der Waals surface area contributed by atoms with Crippen LogP contribution >= 0.6 is 0 Å². The molecule has 3 aromatic carbocycles. The normalized spacial score (nSPS) is 11.0. The molecule has 2 N–H and O–H groups in total. The van der Waals surface area contributed by atoms with E-state index in [9.17, 15) is 9.59 Å². The van der Waals surface area contributed by atoms with Gasteiger partial charge in [0, 0.05) is 54.7 Å². The Kier molecular flexibility index (Phi) is 7.61. The summed E-state index contributed by atoms with van der Waals surface area (Å²) in [6.07, 6.45) is 5.66. The highest BCUT2D eigenvalue weighted by atomic mass is 16.5. The van der Waals surface area contributed by atoms with Crippen molar-refractivity contribution in [3.8, 4) is 5.69 Å². The number of ether oxygens (including phenoxy) is 1. The predicted octanol–water partition coefficient (Wildman–Crippen LogP) is 5.65. The van der Waals surface area contributed by atoms with E-state index in [1.54, 1.807) is 25.3 Å². The molecular weight excluding hydrogens is 502 g/mol. The van der Waals surface area contributed by atoms with Gasteiger partial charge in [0.2, 0.25) is 5.65 Å². The van der Waals surface area contributed by atoms with Gasteiger partial charge in [-0.3, -0.25) is 14.0 Å². The highest BCUT2D eigenvalue weighted by Gasteiger charge is 2.17. The van der Waals surface area contributed by atoms with E-state index in [1.165, 1.54) is 0 Å². The topological polar surface area (TPSA) is 93.4 Å². The average molecular weight is 534 g/mol. The number of fused-ring (bicyclic) bond motifs is 5. The third-order valence-corrected chi connectivity index (χ3v) is 6.83. The van der Waals surface area contributed by atoms with E-state index in [0.29, 0.717) is 23.4 Å². The summed E-state index contributed by atoms with van der Waals surface area (Å²) < 4.78 is 8.48. The van der Waals surface area contributed by atoms with Crippen molar-refractivity contribution in [1.29, 1.82) is 0 Å². The standard InChI is InChI=1S/C29H23N5O2.C3H8O/c1-3-23-18(2)34-25-15-24(21-11-7-8-12-22(21)26(25)32-29(36)27(34)31-23)33-14-13-19(17-33)16-30-28(35)20-9-5-4-6-10-20;1-3-4-2/h3-15,17H,1,16H2,2H3,(H,30,35)(H,32,36);3H2,1-2H3. The number of imidazole rings is 1. The largest absolute Gasteiger partial charge is 0.385 e. The molecule has 0 saturated carbocycles. The Labute approximate surface area is 231 Å². The molecule has 6 rings (SSSR count). The molecule has 3 aromatic heterocycles. The van der Waals surface area contributed by atoms with E-state index in [4.69, 9.17) is 0 Å². The van der Waals surface area contributed by atoms with Gasteiger partial charge in [0.1, 0.15) is 0 Å². The maximum absolute atomic E-state index is 12.9. The molecule has 202 valence electrons.